The lowest BCUT2D eigenvalue weighted by molar-refractivity contribution is 0.0759. The normalized spacial score (nSPS) is 17.3. The summed E-state index contributed by atoms with van der Waals surface area (Å²) in [4.78, 5) is 13.7. The Bertz CT molecular complexity index is 664. The molecule has 1 saturated heterocycles. The first-order valence-corrected chi connectivity index (χ1v) is 8.68. The lowest BCUT2D eigenvalue weighted by Crippen LogP contribution is -2.38. The quantitative estimate of drug-likeness (QED) is 0.842. The van der Waals surface area contributed by atoms with E-state index in [4.69, 9.17) is 0 Å². The van der Waals surface area contributed by atoms with Gasteiger partial charge in [-0.25, -0.2) is 21.5 Å². The van der Waals surface area contributed by atoms with E-state index in [1.165, 1.54) is 9.21 Å². The number of amides is 1. The number of rotatable bonds is 3. The number of halogens is 2. The molecule has 0 aromatic heterocycles. The highest BCUT2D eigenvalue weighted by Gasteiger charge is 2.27. The van der Waals surface area contributed by atoms with Crippen LogP contribution in [0.5, 0.6) is 0 Å². The molecule has 1 amide bonds. The van der Waals surface area contributed by atoms with E-state index in [0.717, 1.165) is 18.2 Å². The molecule has 1 fully saturated rings. The number of carbonyl (C=O) groups excluding carboxylic acids is 1. The van der Waals surface area contributed by atoms with E-state index in [1.54, 1.807) is 6.92 Å². The summed E-state index contributed by atoms with van der Waals surface area (Å²) in [7, 11) is -3.31. The van der Waals surface area contributed by atoms with Crippen LogP contribution in [0.4, 0.5) is 8.78 Å². The smallest absolute Gasteiger partial charge is 0.256 e. The van der Waals surface area contributed by atoms with Crippen molar-refractivity contribution >= 4 is 15.9 Å². The van der Waals surface area contributed by atoms with Crippen LogP contribution < -0.4 is 0 Å². The van der Waals surface area contributed by atoms with Crippen molar-refractivity contribution in [1.82, 2.24) is 9.21 Å². The molecule has 0 radical (unpaired) electrons. The van der Waals surface area contributed by atoms with Crippen LogP contribution in [-0.4, -0.2) is 55.5 Å². The fourth-order valence-corrected chi connectivity index (χ4v) is 3.52. The van der Waals surface area contributed by atoms with E-state index in [9.17, 15) is 22.0 Å². The van der Waals surface area contributed by atoms with E-state index in [2.05, 4.69) is 0 Å². The van der Waals surface area contributed by atoms with Crippen LogP contribution in [0.15, 0.2) is 18.2 Å². The first-order chi connectivity index (χ1) is 10.3. The van der Waals surface area contributed by atoms with E-state index >= 15 is 0 Å². The van der Waals surface area contributed by atoms with Gasteiger partial charge < -0.3 is 4.90 Å². The highest BCUT2D eigenvalue weighted by molar-refractivity contribution is 7.89. The highest BCUT2D eigenvalue weighted by Crippen LogP contribution is 2.15. The highest BCUT2D eigenvalue weighted by atomic mass is 32.2. The molecular weight excluding hydrogens is 314 g/mol. The molecule has 5 nitrogen and oxygen atoms in total. The molecule has 1 aliphatic heterocycles. The monoisotopic (exact) mass is 332 g/mol. The Morgan fingerprint density at radius 1 is 1.18 bits per heavy atom. The second-order valence-corrected chi connectivity index (χ2v) is 7.33. The van der Waals surface area contributed by atoms with Crippen molar-refractivity contribution in [2.24, 2.45) is 0 Å². The molecule has 0 atom stereocenters. The van der Waals surface area contributed by atoms with Crippen LogP contribution in [-0.2, 0) is 10.0 Å². The number of carbonyl (C=O) groups is 1. The maximum atomic E-state index is 13.7. The van der Waals surface area contributed by atoms with Gasteiger partial charge in [-0.3, -0.25) is 4.79 Å². The van der Waals surface area contributed by atoms with Gasteiger partial charge in [0, 0.05) is 26.2 Å². The van der Waals surface area contributed by atoms with Gasteiger partial charge in [0.15, 0.2) is 0 Å². The van der Waals surface area contributed by atoms with E-state index < -0.39 is 27.6 Å². The van der Waals surface area contributed by atoms with Crippen LogP contribution in [0.1, 0.15) is 23.7 Å². The molecule has 1 heterocycles. The van der Waals surface area contributed by atoms with Crippen LogP contribution in [0.2, 0.25) is 0 Å². The fourth-order valence-electron chi connectivity index (χ4n) is 2.39. The molecule has 1 aromatic rings. The van der Waals surface area contributed by atoms with Gasteiger partial charge in [0.1, 0.15) is 11.6 Å². The molecule has 22 heavy (non-hydrogen) atoms. The fraction of sp³-hybridized carbons (Fsp3) is 0.500. The van der Waals surface area contributed by atoms with Crippen molar-refractivity contribution in [2.45, 2.75) is 13.3 Å². The van der Waals surface area contributed by atoms with Gasteiger partial charge in [-0.05, 0) is 31.5 Å². The third-order valence-corrected chi connectivity index (χ3v) is 5.54. The molecule has 8 heteroatoms. The summed E-state index contributed by atoms with van der Waals surface area (Å²) < 4.78 is 51.9. The Morgan fingerprint density at radius 2 is 1.91 bits per heavy atom. The summed E-state index contributed by atoms with van der Waals surface area (Å²) in [5.74, 6) is -2.09. The summed E-state index contributed by atoms with van der Waals surface area (Å²) in [6.07, 6.45) is 0.460. The van der Waals surface area contributed by atoms with Crippen LogP contribution in [0.3, 0.4) is 0 Å². The van der Waals surface area contributed by atoms with E-state index in [-0.39, 0.29) is 24.4 Å². The number of sulfonamides is 1. The van der Waals surface area contributed by atoms with Crippen molar-refractivity contribution in [2.75, 3.05) is 31.9 Å². The minimum absolute atomic E-state index is 0.000525. The zero-order valence-electron chi connectivity index (χ0n) is 12.3. The SMILES string of the molecule is CCS(=O)(=O)N1CCCN(C(=O)c2cc(F)ccc2F)CC1. The topological polar surface area (TPSA) is 57.7 Å². The van der Waals surface area contributed by atoms with Crippen molar-refractivity contribution < 1.29 is 22.0 Å². The van der Waals surface area contributed by atoms with Gasteiger partial charge >= 0.3 is 0 Å². The van der Waals surface area contributed by atoms with E-state index in [0.29, 0.717) is 19.5 Å². The van der Waals surface area contributed by atoms with Gasteiger partial charge in [-0.2, -0.15) is 0 Å². The van der Waals surface area contributed by atoms with Gasteiger partial charge in [0.25, 0.3) is 5.91 Å². The molecule has 0 N–H and O–H groups in total. The zero-order valence-corrected chi connectivity index (χ0v) is 13.1. The maximum Gasteiger partial charge on any atom is 0.256 e. The van der Waals surface area contributed by atoms with E-state index in [1.807, 2.05) is 0 Å². The Labute approximate surface area is 128 Å². The standard InChI is InChI=1S/C14H18F2N2O3S/c1-2-22(20,21)18-7-3-6-17(8-9-18)14(19)12-10-11(15)4-5-13(12)16/h4-5,10H,2-3,6-9H2,1H3. The average molecular weight is 332 g/mol. The lowest BCUT2D eigenvalue weighted by Gasteiger charge is -2.21. The number of hydrogen-bond donors (Lipinski definition) is 0. The van der Waals surface area contributed by atoms with Crippen LogP contribution in [0, 0.1) is 11.6 Å². The lowest BCUT2D eigenvalue weighted by atomic mass is 10.1. The van der Waals surface area contributed by atoms with Gasteiger partial charge in [0.2, 0.25) is 10.0 Å². The molecule has 0 unspecified atom stereocenters. The summed E-state index contributed by atoms with van der Waals surface area (Å²) in [6, 6.07) is 2.72. The summed E-state index contributed by atoms with van der Waals surface area (Å²) in [5, 5.41) is 0. The number of benzene rings is 1. The molecule has 0 bridgehead atoms. The van der Waals surface area contributed by atoms with Crippen molar-refractivity contribution in [1.29, 1.82) is 0 Å². The molecule has 1 aliphatic rings. The molecule has 1 aromatic carbocycles. The third-order valence-electron chi connectivity index (χ3n) is 3.66. The molecule has 0 saturated carbocycles. The number of nitrogens with zero attached hydrogens (tertiary/aromatic N) is 2. The van der Waals surface area contributed by atoms with Gasteiger partial charge in [-0.1, -0.05) is 0 Å². The van der Waals surface area contributed by atoms with Crippen molar-refractivity contribution in [3.05, 3.63) is 35.4 Å². The molecule has 0 spiro atoms. The molecule has 122 valence electrons. The maximum absolute atomic E-state index is 13.7. The molecule has 0 aliphatic carbocycles. The van der Waals surface area contributed by atoms with Crippen molar-refractivity contribution in [3.8, 4) is 0 Å². The Morgan fingerprint density at radius 3 is 2.59 bits per heavy atom. The second-order valence-electron chi connectivity index (χ2n) is 5.07. The van der Waals surface area contributed by atoms with Gasteiger partial charge in [-0.15, -0.1) is 0 Å². The first-order valence-electron chi connectivity index (χ1n) is 7.07. The van der Waals surface area contributed by atoms with Gasteiger partial charge in [0.05, 0.1) is 11.3 Å². The Hall–Kier alpha value is -1.54. The minimum Gasteiger partial charge on any atom is -0.337 e. The van der Waals surface area contributed by atoms with Crippen LogP contribution >= 0.6 is 0 Å². The Kier molecular flexibility index (Phi) is 5.12. The molecular formula is C14H18F2N2O3S. The Balaban J connectivity index is 2.14. The minimum atomic E-state index is -3.31. The third kappa shape index (κ3) is 3.61. The van der Waals surface area contributed by atoms with Crippen molar-refractivity contribution in [3.63, 3.8) is 0 Å². The first kappa shape index (κ1) is 16.8. The van der Waals surface area contributed by atoms with Crippen LogP contribution in [0.25, 0.3) is 0 Å². The number of hydrogen-bond acceptors (Lipinski definition) is 3. The zero-order chi connectivity index (χ0) is 16.3. The predicted octanol–water partition coefficient (Wildman–Crippen LogP) is 1.46. The largest absolute Gasteiger partial charge is 0.337 e. The summed E-state index contributed by atoms with van der Waals surface area (Å²) in [5.41, 5.74) is -0.327. The second kappa shape index (κ2) is 6.70. The predicted molar refractivity (Wildman–Crippen MR) is 77.9 cm³/mol. The molecule has 2 rings (SSSR count). The summed E-state index contributed by atoms with van der Waals surface area (Å²) >= 11 is 0. The summed E-state index contributed by atoms with van der Waals surface area (Å²) in [6.45, 7) is 2.52. The average Bonchev–Trinajstić information content (AvgIpc) is 2.75.